The first-order chi connectivity index (χ1) is 6.63. The van der Waals surface area contributed by atoms with E-state index in [1.54, 1.807) is 6.92 Å². The van der Waals surface area contributed by atoms with Gasteiger partial charge in [0.2, 0.25) is 0 Å². The maximum atomic E-state index is 11.2. The van der Waals surface area contributed by atoms with E-state index in [4.69, 9.17) is 9.94 Å². The number of ether oxygens (including phenoxy) is 1. The largest absolute Gasteiger partial charge is 0.459 e. The van der Waals surface area contributed by atoms with Crippen LogP contribution in [-0.2, 0) is 9.53 Å². The minimum atomic E-state index is -0.314. The molecule has 0 aromatic rings. The molecule has 0 atom stereocenters. The second-order valence-electron chi connectivity index (χ2n) is 3.79. The van der Waals surface area contributed by atoms with Crippen molar-refractivity contribution in [1.29, 1.82) is 0 Å². The molecule has 1 aliphatic carbocycles. The Hall–Kier alpha value is -0.870. The van der Waals surface area contributed by atoms with Crippen molar-refractivity contribution in [1.82, 2.24) is 5.48 Å². The Kier molecular flexibility index (Phi) is 4.10. The number of carbonyl (C=O) groups excluding carboxylic acids is 1. The summed E-state index contributed by atoms with van der Waals surface area (Å²) >= 11 is 0. The van der Waals surface area contributed by atoms with Gasteiger partial charge >= 0.3 is 5.97 Å². The van der Waals surface area contributed by atoms with Crippen LogP contribution in [0.2, 0.25) is 0 Å². The number of hydrogen-bond acceptors (Lipinski definition) is 4. The Labute approximate surface area is 83.9 Å². The molecule has 0 bridgehead atoms. The first kappa shape index (κ1) is 11.2. The fourth-order valence-electron chi connectivity index (χ4n) is 1.56. The topological polar surface area (TPSA) is 58.6 Å². The highest BCUT2D eigenvalue weighted by molar-refractivity contribution is 5.87. The van der Waals surface area contributed by atoms with Crippen molar-refractivity contribution in [2.45, 2.75) is 44.8 Å². The van der Waals surface area contributed by atoms with Crippen molar-refractivity contribution in [3.8, 4) is 0 Å². The minimum absolute atomic E-state index is 0.0104. The van der Waals surface area contributed by atoms with E-state index in [0.717, 1.165) is 25.7 Å². The van der Waals surface area contributed by atoms with E-state index in [1.807, 2.05) is 0 Å². The first-order valence-corrected chi connectivity index (χ1v) is 4.89. The molecule has 1 rings (SSSR count). The van der Waals surface area contributed by atoms with Gasteiger partial charge in [-0.2, -0.15) is 0 Å². The molecule has 0 aromatic carbocycles. The van der Waals surface area contributed by atoms with Crippen LogP contribution in [0.3, 0.4) is 0 Å². The number of esters is 1. The summed E-state index contributed by atoms with van der Waals surface area (Å²) < 4.78 is 5.20. The van der Waals surface area contributed by atoms with Crippen LogP contribution in [0.1, 0.15) is 32.6 Å². The fourth-order valence-corrected chi connectivity index (χ4v) is 1.56. The summed E-state index contributed by atoms with van der Waals surface area (Å²) in [5.74, 6) is -0.314. The van der Waals surface area contributed by atoms with Gasteiger partial charge in [0.1, 0.15) is 6.10 Å². The Balaban J connectivity index is 2.29. The second kappa shape index (κ2) is 5.12. The van der Waals surface area contributed by atoms with Crippen LogP contribution in [0.15, 0.2) is 12.2 Å². The quantitative estimate of drug-likeness (QED) is 0.410. The maximum Gasteiger partial charge on any atom is 0.333 e. The standard InChI is InChI=1S/C10H17NO3/c1-7(2)10(12)14-9-5-3-8(11-13)4-6-9/h8-9,11,13H,1,3-6H2,2H3. The number of hydrogen-bond donors (Lipinski definition) is 2. The molecule has 1 fully saturated rings. The van der Waals surface area contributed by atoms with Gasteiger partial charge in [0.05, 0.1) is 0 Å². The van der Waals surface area contributed by atoms with Gasteiger partial charge < -0.3 is 9.94 Å². The van der Waals surface area contributed by atoms with E-state index in [1.165, 1.54) is 0 Å². The molecule has 80 valence electrons. The SMILES string of the molecule is C=C(C)C(=O)OC1CCC(NO)CC1. The first-order valence-electron chi connectivity index (χ1n) is 4.89. The molecular formula is C10H17NO3. The third-order valence-corrected chi connectivity index (χ3v) is 2.48. The molecule has 14 heavy (non-hydrogen) atoms. The highest BCUT2D eigenvalue weighted by Crippen LogP contribution is 2.21. The van der Waals surface area contributed by atoms with Crippen LogP contribution in [0.25, 0.3) is 0 Å². The molecule has 0 radical (unpaired) electrons. The molecule has 2 N–H and O–H groups in total. The summed E-state index contributed by atoms with van der Waals surface area (Å²) in [5, 5.41) is 8.68. The van der Waals surface area contributed by atoms with Crippen molar-refractivity contribution in [2.75, 3.05) is 0 Å². The lowest BCUT2D eigenvalue weighted by atomic mass is 9.93. The van der Waals surface area contributed by atoms with Crippen LogP contribution in [0, 0.1) is 0 Å². The van der Waals surface area contributed by atoms with Crippen LogP contribution < -0.4 is 5.48 Å². The summed E-state index contributed by atoms with van der Waals surface area (Å²) in [6.45, 7) is 5.17. The molecule has 0 heterocycles. The van der Waals surface area contributed by atoms with E-state index in [2.05, 4.69) is 12.1 Å². The van der Waals surface area contributed by atoms with Gasteiger partial charge in [-0.1, -0.05) is 6.58 Å². The summed E-state index contributed by atoms with van der Waals surface area (Å²) in [6, 6.07) is 0.148. The summed E-state index contributed by atoms with van der Waals surface area (Å²) in [6.07, 6.45) is 3.27. The molecule has 0 saturated heterocycles. The van der Waals surface area contributed by atoms with Gasteiger partial charge in [0.25, 0.3) is 0 Å². The fraction of sp³-hybridized carbons (Fsp3) is 0.700. The highest BCUT2D eigenvalue weighted by Gasteiger charge is 2.23. The average molecular weight is 199 g/mol. The molecule has 4 nitrogen and oxygen atoms in total. The van der Waals surface area contributed by atoms with Gasteiger partial charge in [0, 0.05) is 11.6 Å². The smallest absolute Gasteiger partial charge is 0.333 e. The Morgan fingerprint density at radius 3 is 2.43 bits per heavy atom. The monoisotopic (exact) mass is 199 g/mol. The number of carbonyl (C=O) groups is 1. The second-order valence-corrected chi connectivity index (χ2v) is 3.79. The summed E-state index contributed by atoms with van der Waals surface area (Å²) in [4.78, 5) is 11.2. The molecule has 0 aromatic heterocycles. The summed E-state index contributed by atoms with van der Waals surface area (Å²) in [7, 11) is 0. The van der Waals surface area contributed by atoms with E-state index in [0.29, 0.717) is 5.57 Å². The Morgan fingerprint density at radius 1 is 1.43 bits per heavy atom. The van der Waals surface area contributed by atoms with Crippen LogP contribution in [0.4, 0.5) is 0 Å². The van der Waals surface area contributed by atoms with E-state index < -0.39 is 0 Å². The Morgan fingerprint density at radius 2 is 2.00 bits per heavy atom. The van der Waals surface area contributed by atoms with Crippen LogP contribution in [0.5, 0.6) is 0 Å². The molecule has 0 aliphatic heterocycles. The molecule has 0 spiro atoms. The number of rotatable bonds is 3. The third-order valence-electron chi connectivity index (χ3n) is 2.48. The number of nitrogens with one attached hydrogen (secondary N) is 1. The maximum absolute atomic E-state index is 11.2. The zero-order valence-corrected chi connectivity index (χ0v) is 8.45. The van der Waals surface area contributed by atoms with Crippen molar-refractivity contribution in [3.05, 3.63) is 12.2 Å². The molecule has 0 amide bonds. The third kappa shape index (κ3) is 3.12. The van der Waals surface area contributed by atoms with Gasteiger partial charge in [-0.25, -0.2) is 10.3 Å². The van der Waals surface area contributed by atoms with Gasteiger partial charge in [0.15, 0.2) is 0 Å². The predicted molar refractivity (Wildman–Crippen MR) is 51.9 cm³/mol. The lowest BCUT2D eigenvalue weighted by molar-refractivity contribution is -0.146. The highest BCUT2D eigenvalue weighted by atomic mass is 16.5. The van der Waals surface area contributed by atoms with Crippen LogP contribution in [-0.4, -0.2) is 23.3 Å². The molecular weight excluding hydrogens is 182 g/mol. The van der Waals surface area contributed by atoms with E-state index >= 15 is 0 Å². The Bertz CT molecular complexity index is 219. The van der Waals surface area contributed by atoms with Gasteiger partial charge in [-0.05, 0) is 32.6 Å². The van der Waals surface area contributed by atoms with Crippen molar-refractivity contribution >= 4 is 5.97 Å². The zero-order chi connectivity index (χ0) is 10.6. The average Bonchev–Trinajstić information content (AvgIpc) is 2.19. The molecule has 1 saturated carbocycles. The van der Waals surface area contributed by atoms with Crippen LogP contribution >= 0.6 is 0 Å². The predicted octanol–water partition coefficient (Wildman–Crippen LogP) is 1.40. The normalized spacial score (nSPS) is 27.0. The van der Waals surface area contributed by atoms with Crippen molar-refractivity contribution < 1.29 is 14.7 Å². The lowest BCUT2D eigenvalue weighted by Gasteiger charge is -2.27. The molecule has 0 unspecified atom stereocenters. The molecule has 1 aliphatic rings. The minimum Gasteiger partial charge on any atom is -0.459 e. The van der Waals surface area contributed by atoms with E-state index in [-0.39, 0.29) is 18.1 Å². The lowest BCUT2D eigenvalue weighted by Crippen LogP contribution is -2.34. The number of hydroxylamine groups is 1. The van der Waals surface area contributed by atoms with Gasteiger partial charge in [-0.3, -0.25) is 0 Å². The summed E-state index contributed by atoms with van der Waals surface area (Å²) in [5.41, 5.74) is 2.68. The van der Waals surface area contributed by atoms with Crippen molar-refractivity contribution in [3.63, 3.8) is 0 Å². The zero-order valence-electron chi connectivity index (χ0n) is 8.45. The van der Waals surface area contributed by atoms with E-state index in [9.17, 15) is 4.79 Å². The molecule has 4 heteroatoms. The van der Waals surface area contributed by atoms with Crippen molar-refractivity contribution in [2.24, 2.45) is 0 Å². The van der Waals surface area contributed by atoms with Gasteiger partial charge in [-0.15, -0.1) is 0 Å².